The number of thiocarbonyl (C=S) groups is 1. The van der Waals surface area contributed by atoms with Gasteiger partial charge in [-0.05, 0) is 168 Å². The molecule has 10 heterocycles. The van der Waals surface area contributed by atoms with Crippen molar-refractivity contribution < 1.29 is 102 Å². The maximum atomic E-state index is 12.2. The van der Waals surface area contributed by atoms with Gasteiger partial charge in [-0.1, -0.05) is 27.0 Å². The maximum absolute atomic E-state index is 12.2. The minimum Gasteiger partial charge on any atom is -0.388 e. The minimum atomic E-state index is -4.08. The fourth-order valence-corrected chi connectivity index (χ4v) is 19.6. The van der Waals surface area contributed by atoms with Crippen molar-refractivity contribution in [1.82, 2.24) is 65.7 Å². The molecule has 20 N–H and O–H groups in total. The fraction of sp³-hybridized carbons (Fsp3) is 0.675. The van der Waals surface area contributed by atoms with Crippen molar-refractivity contribution in [1.29, 1.82) is 0 Å². The lowest BCUT2D eigenvalue weighted by Gasteiger charge is -2.33. The van der Waals surface area contributed by atoms with Gasteiger partial charge in [-0.3, -0.25) is 48.7 Å². The number of carbonyl (C=O) groups excluding carboxylic acids is 2. The Balaban J connectivity index is 0.000000242. The number of ether oxygens (including phenoxy) is 5. The molecular weight excluding hydrogens is 1760 g/mol. The number of aromatic amines is 2. The molecule has 10 rings (SSSR count). The lowest BCUT2D eigenvalue weighted by atomic mass is 9.99. The molecule has 0 radical (unpaired) electrons. The molecule has 0 aromatic carbocycles. The van der Waals surface area contributed by atoms with Gasteiger partial charge in [-0.15, -0.1) is 65.9 Å². The highest BCUT2D eigenvalue weighted by atomic mass is 32.2. The van der Waals surface area contributed by atoms with Gasteiger partial charge < -0.3 is 116 Å². The van der Waals surface area contributed by atoms with E-state index in [1.165, 1.54) is 37.5 Å². The lowest BCUT2D eigenvalue weighted by Crippen LogP contribution is -2.50. The van der Waals surface area contributed by atoms with Crippen molar-refractivity contribution in [2.75, 3.05) is 150 Å². The number of nitrogens with one attached hydrogen (secondary N) is 8. The van der Waals surface area contributed by atoms with Crippen LogP contribution in [0.2, 0.25) is 0 Å². The second kappa shape index (κ2) is 47.3. The van der Waals surface area contributed by atoms with Crippen LogP contribution in [-0.4, -0.2) is 411 Å². The normalized spacial score (nSPS) is 29.1. The Morgan fingerprint density at radius 3 is 1.22 bits per heavy atom. The summed E-state index contributed by atoms with van der Waals surface area (Å²) < 4.78 is 62.0. The van der Waals surface area contributed by atoms with Gasteiger partial charge in [0.25, 0.3) is 27.1 Å². The molecule has 2 aromatic heterocycles. The number of aliphatic hydroxyl groups excluding tert-OH is 11. The van der Waals surface area contributed by atoms with E-state index in [0.29, 0.717) is 65.3 Å². The molecule has 45 heteroatoms. The average molecular weight is 1900 g/mol. The van der Waals surface area contributed by atoms with E-state index < -0.39 is 195 Å². The lowest BCUT2D eigenvalue weighted by molar-refractivity contribution is -0.122. The first-order chi connectivity index (χ1) is 57.9. The molecule has 2 aromatic rings. The smallest absolute Gasteiger partial charge is 0.329 e. The molecule has 5 saturated heterocycles. The Bertz CT molecular complexity index is 4640. The number of amides is 3. The zero-order chi connectivity index (χ0) is 94.1. The highest BCUT2D eigenvalue weighted by Gasteiger charge is 2.50. The third-order valence-corrected chi connectivity index (χ3v) is 29.8. The van der Waals surface area contributed by atoms with E-state index in [1.807, 2.05) is 13.8 Å². The summed E-state index contributed by atoms with van der Waals surface area (Å²) in [6, 6.07) is -0.290. The molecule has 712 valence electrons. The van der Waals surface area contributed by atoms with Gasteiger partial charge in [-0.25, -0.2) is 14.4 Å². The minimum absolute atomic E-state index is 0.0171. The van der Waals surface area contributed by atoms with Crippen molar-refractivity contribution in [3.05, 3.63) is 125 Å². The average Bonchev–Trinajstić information content (AvgIpc) is 1.64. The third kappa shape index (κ3) is 33.0. The summed E-state index contributed by atoms with van der Waals surface area (Å²) in [4.78, 5) is 80.7. The van der Waals surface area contributed by atoms with Crippen molar-refractivity contribution in [3.63, 3.8) is 0 Å². The standard InChI is InChI=1S/2C17H30N3O5P.C16H30N3O7PS.C15H25N2O4PS.C15H25N2O4P/c2*1-5-7-18-10-20-9-11(16(23)19-17(20)24)15-14(22)13(21)12(25-15)6-8-26(2,3)4;1-27(2,3)6-4-12-13(20)14(21)16(26-12)19-9-11(15(22)18-10-19)8-17-5-7-28(23,24)25;1-9-10(7-17(8-18)15(23)16-9)14-13(20)12(19)11(21-14)5-6-22(2,3)4;1-9-10(8-17(2)15(20)16-9)14-13(19)12(18)11(21-14)6-7-22(3,4)5/h2*9,12-15,18,21-22H,2,5-8,10H2,1,3-4H3,(H,19,23,24);9,12-14,16-17,20-21H,1,4-8,10H2,2-3H3,(H,18,22)(H,23,24,25);7,11-14,18-20H,1-2,5-6,8H2,3-4H3,(H,16,23);8,11-14,18-19H,1,3,6-7H2,2,4-5H3,(H,16,20)/t2*12-,13-,14-,15+;12-,13-,14-,16-;2*11-,12-,13-,14+/m11111/s1. The van der Waals surface area contributed by atoms with Gasteiger partial charge in [0.2, 0.25) is 0 Å². The monoisotopic (exact) mass is 1900 g/mol. The largest absolute Gasteiger partial charge is 0.388 e. The molecule has 8 aliphatic heterocycles. The number of hydrogen-bond acceptors (Lipinski definition) is 29. The van der Waals surface area contributed by atoms with Crippen LogP contribution in [0.15, 0.2) is 91.4 Å². The zero-order valence-corrected chi connectivity index (χ0v) is 80.3. The van der Waals surface area contributed by atoms with Crippen molar-refractivity contribution in [2.24, 2.45) is 0 Å². The molecule has 0 saturated carbocycles. The number of aliphatic hydroxyl groups is 11. The summed E-state index contributed by atoms with van der Waals surface area (Å²) in [5, 5.41) is 130. The van der Waals surface area contributed by atoms with Crippen LogP contribution in [0.1, 0.15) is 82.1 Å². The number of hydrogen-bond donors (Lipinski definition) is 20. The van der Waals surface area contributed by atoms with Crippen LogP contribution in [0, 0.1) is 0 Å². The van der Waals surface area contributed by atoms with Crippen molar-refractivity contribution in [3.8, 4) is 0 Å². The second-order valence-electron chi connectivity index (χ2n) is 36.0. The van der Waals surface area contributed by atoms with Crippen LogP contribution in [-0.2, 0) is 51.9 Å². The third-order valence-electron chi connectivity index (χ3n) is 21.4. The molecule has 125 heavy (non-hydrogen) atoms. The van der Waals surface area contributed by atoms with Crippen molar-refractivity contribution in [2.45, 2.75) is 194 Å². The summed E-state index contributed by atoms with van der Waals surface area (Å²) in [5.74, 6) is -0.793. The molecular formula is C80H140N13O25P5S2. The van der Waals surface area contributed by atoms with Gasteiger partial charge in [-0.2, -0.15) is 8.42 Å². The molecule has 0 bridgehead atoms. The molecule has 5 fully saturated rings. The molecule has 38 nitrogen and oxygen atoms in total. The predicted molar refractivity (Wildman–Crippen MR) is 505 cm³/mol. The number of nitrogens with zero attached hydrogens (tertiary/aromatic N) is 5. The maximum Gasteiger partial charge on any atom is 0.329 e. The summed E-state index contributed by atoms with van der Waals surface area (Å²) in [6.45, 7) is 28.2. The fourth-order valence-electron chi connectivity index (χ4n) is 14.2. The SMILES string of the molecule is C=C1NC(=O)N(C)C=C1[C@@H]1O[C@H](CCP(=C)(C)C)[C@@H](O)[C@H]1O.C=C1NC(=S)N(CO)C=C1[C@@H]1O[C@H](CCP(=C)(C)C)[C@@H](O)[C@H]1O.C=P(C)(C)CC[C@H]1O[C@@H](N2C=C(CNCCS(=O)(=O)O)C(=O)NC2)[C@H](O)[C@@H]1O.C=P(C)(C)CC[C@H]1O[C@@H](c2cn(CNCCC)c(=O)[nH]c2=O)[C@H](O)[C@@H]1O.C=P(C)(C)CC[C@H]1O[C@@H](c2cn(CNCCC)c(=O)[nH]c2=O)[C@H](O)[C@@H]1O. The van der Waals surface area contributed by atoms with E-state index in [2.05, 4.69) is 153 Å². The van der Waals surface area contributed by atoms with E-state index in [0.717, 1.165) is 56.7 Å². The van der Waals surface area contributed by atoms with E-state index in [-0.39, 0.29) is 62.9 Å². The number of carbonyl (C=O) groups is 2. The Labute approximate surface area is 738 Å². The van der Waals surface area contributed by atoms with Crippen molar-refractivity contribution >= 4 is 105 Å². The first-order valence-corrected chi connectivity index (χ1v) is 58.7. The Hall–Kier alpha value is -5.06. The summed E-state index contributed by atoms with van der Waals surface area (Å²) in [6.07, 6.45) is 19.8. The number of H-pyrrole nitrogens is 2. The molecule has 0 spiro atoms. The van der Waals surface area contributed by atoms with Crippen LogP contribution in [0.25, 0.3) is 0 Å². The zero-order valence-electron chi connectivity index (χ0n) is 74.2. The van der Waals surface area contributed by atoms with E-state index >= 15 is 0 Å². The Morgan fingerprint density at radius 1 is 0.496 bits per heavy atom. The number of urea groups is 1. The molecule has 20 atom stereocenters. The van der Waals surface area contributed by atoms with Gasteiger partial charge in [0.15, 0.2) is 11.3 Å². The highest BCUT2D eigenvalue weighted by molar-refractivity contribution is 7.85. The second-order valence-corrected chi connectivity index (χ2v) is 59.6. The van der Waals surface area contributed by atoms with Gasteiger partial charge >= 0.3 is 17.4 Å². The van der Waals surface area contributed by atoms with E-state index in [9.17, 15) is 93.4 Å². The summed E-state index contributed by atoms with van der Waals surface area (Å²) >= 11 is 5.08. The van der Waals surface area contributed by atoms with Crippen LogP contribution in [0.3, 0.4) is 0 Å². The van der Waals surface area contributed by atoms with E-state index in [1.54, 1.807) is 24.3 Å². The number of aromatic nitrogens is 4. The first-order valence-electron chi connectivity index (χ1n) is 41.4. The summed E-state index contributed by atoms with van der Waals surface area (Å²) in [5.41, 5.74) is 0.372. The van der Waals surface area contributed by atoms with Gasteiger partial charge in [0.1, 0.15) is 92.2 Å². The van der Waals surface area contributed by atoms with Gasteiger partial charge in [0, 0.05) is 79.2 Å². The highest BCUT2D eigenvalue weighted by Crippen LogP contribution is 2.45. The van der Waals surface area contributed by atoms with E-state index in [4.69, 9.17) is 40.5 Å². The van der Waals surface area contributed by atoms with Crippen LogP contribution < -0.4 is 54.4 Å². The van der Waals surface area contributed by atoms with Crippen LogP contribution >= 0.6 is 46.6 Å². The molecule has 8 aliphatic rings. The number of rotatable bonds is 34. The molecule has 0 unspecified atom stereocenters. The Morgan fingerprint density at radius 2 is 0.848 bits per heavy atom. The topological polar surface area (TPSA) is 549 Å². The molecule has 3 amide bonds. The predicted octanol–water partition coefficient (Wildman–Crippen LogP) is -1.47. The molecule has 0 aliphatic carbocycles. The van der Waals surface area contributed by atoms with Gasteiger partial charge in [0.05, 0.1) is 67.4 Å². The first kappa shape index (κ1) is 109. The Kier molecular flexibility index (Phi) is 41.2. The van der Waals surface area contributed by atoms with Crippen LogP contribution in [0.5, 0.6) is 0 Å². The summed E-state index contributed by atoms with van der Waals surface area (Å²) in [7, 11) is -2.47. The quantitative estimate of drug-likeness (QED) is 0.0165. The van der Waals surface area contributed by atoms with Crippen LogP contribution in [0.4, 0.5) is 4.79 Å².